The van der Waals surface area contributed by atoms with Crippen LogP contribution < -0.4 is 0 Å². The van der Waals surface area contributed by atoms with Crippen molar-refractivity contribution in [3.8, 4) is 6.07 Å². The highest BCUT2D eigenvalue weighted by atomic mass is 16.5. The van der Waals surface area contributed by atoms with Crippen molar-refractivity contribution in [3.05, 3.63) is 35.4 Å². The number of carbonyl (C=O) groups is 2. The molecule has 1 fully saturated rings. The molecule has 0 spiro atoms. The molecule has 1 aromatic carbocycles. The van der Waals surface area contributed by atoms with Gasteiger partial charge in [-0.25, -0.2) is 4.79 Å². The molecule has 1 N–H and O–H groups in total. The molecule has 0 bridgehead atoms. The Morgan fingerprint density at radius 2 is 2.00 bits per heavy atom. The monoisotopic (exact) mass is 274 g/mol. The van der Waals surface area contributed by atoms with Crippen molar-refractivity contribution in [2.75, 3.05) is 19.7 Å². The van der Waals surface area contributed by atoms with Crippen LogP contribution in [-0.2, 0) is 9.53 Å². The van der Waals surface area contributed by atoms with Crippen LogP contribution in [0, 0.1) is 11.3 Å². The lowest BCUT2D eigenvalue weighted by Gasteiger charge is -2.47. The second-order valence-electron chi connectivity index (χ2n) is 4.98. The highest BCUT2D eigenvalue weighted by Gasteiger charge is 2.42. The number of hydrogen-bond acceptors (Lipinski definition) is 4. The molecule has 20 heavy (non-hydrogen) atoms. The van der Waals surface area contributed by atoms with Crippen LogP contribution in [0.3, 0.4) is 0 Å². The van der Waals surface area contributed by atoms with Crippen LogP contribution in [0.4, 0.5) is 0 Å². The van der Waals surface area contributed by atoms with E-state index in [1.165, 1.54) is 0 Å². The van der Waals surface area contributed by atoms with Gasteiger partial charge >= 0.3 is 5.97 Å². The second-order valence-corrected chi connectivity index (χ2v) is 4.98. The Labute approximate surface area is 116 Å². The summed E-state index contributed by atoms with van der Waals surface area (Å²) < 4.78 is 5.24. The van der Waals surface area contributed by atoms with E-state index < -0.39 is 11.6 Å². The van der Waals surface area contributed by atoms with Crippen LogP contribution in [0.1, 0.15) is 22.8 Å². The average molecular weight is 274 g/mol. The van der Waals surface area contributed by atoms with Gasteiger partial charge in [-0.05, 0) is 31.2 Å². The normalized spacial score (nSPS) is 16.1. The Bertz CT molecular complexity index is 568. The Balaban J connectivity index is 1.93. The third kappa shape index (κ3) is 2.95. The first-order valence-corrected chi connectivity index (χ1v) is 6.09. The van der Waals surface area contributed by atoms with Crippen molar-refractivity contribution in [2.24, 2.45) is 0 Å². The first-order valence-electron chi connectivity index (χ1n) is 6.09. The summed E-state index contributed by atoms with van der Waals surface area (Å²) >= 11 is 0. The van der Waals surface area contributed by atoms with Crippen molar-refractivity contribution < 1.29 is 19.4 Å². The number of aliphatic carboxylic acids is 1. The standard InChI is InChI=1S/C14H14N2O4/c1-14(20-7-12(17)18)8-16(9-14)13(19)11-4-2-10(6-15)3-5-11/h2-5H,7-9H2,1H3,(H,17,18). The van der Waals surface area contributed by atoms with E-state index >= 15 is 0 Å². The fourth-order valence-electron chi connectivity index (χ4n) is 2.10. The van der Waals surface area contributed by atoms with Crippen LogP contribution in [0.5, 0.6) is 0 Å². The van der Waals surface area contributed by atoms with Gasteiger partial charge in [-0.15, -0.1) is 0 Å². The molecule has 0 radical (unpaired) electrons. The van der Waals surface area contributed by atoms with E-state index in [0.717, 1.165) is 0 Å². The highest BCUT2D eigenvalue weighted by Crippen LogP contribution is 2.26. The summed E-state index contributed by atoms with van der Waals surface area (Å²) in [5.41, 5.74) is 0.407. The van der Waals surface area contributed by atoms with Crippen LogP contribution in [0.25, 0.3) is 0 Å². The Hall–Kier alpha value is -2.39. The minimum Gasteiger partial charge on any atom is -0.480 e. The number of nitrogens with zero attached hydrogens (tertiary/aromatic N) is 2. The third-order valence-corrected chi connectivity index (χ3v) is 3.14. The van der Waals surface area contributed by atoms with Crippen LogP contribution in [0.15, 0.2) is 24.3 Å². The summed E-state index contributed by atoms with van der Waals surface area (Å²) in [5, 5.41) is 17.3. The van der Waals surface area contributed by atoms with Gasteiger partial charge in [-0.1, -0.05) is 0 Å². The number of ether oxygens (including phenoxy) is 1. The molecule has 6 nitrogen and oxygen atoms in total. The SMILES string of the molecule is CC1(OCC(=O)O)CN(C(=O)c2ccc(C#N)cc2)C1. The molecule has 0 saturated carbocycles. The molecule has 1 amide bonds. The van der Waals surface area contributed by atoms with Gasteiger partial charge in [-0.3, -0.25) is 4.79 Å². The lowest BCUT2D eigenvalue weighted by molar-refractivity contribution is -0.159. The van der Waals surface area contributed by atoms with Crippen molar-refractivity contribution in [1.29, 1.82) is 5.26 Å². The number of hydrogen-bond donors (Lipinski definition) is 1. The molecular weight excluding hydrogens is 260 g/mol. The zero-order chi connectivity index (χ0) is 14.8. The lowest BCUT2D eigenvalue weighted by atomic mass is 9.95. The molecule has 2 rings (SSSR count). The predicted octanol–water partition coefficient (Wildman–Crippen LogP) is 0.874. The Morgan fingerprint density at radius 3 is 2.50 bits per heavy atom. The zero-order valence-electron chi connectivity index (χ0n) is 11.0. The maximum absolute atomic E-state index is 12.1. The first kappa shape index (κ1) is 14.0. The molecule has 0 aliphatic carbocycles. The van der Waals surface area contributed by atoms with Crippen molar-refractivity contribution in [2.45, 2.75) is 12.5 Å². The predicted molar refractivity (Wildman–Crippen MR) is 69.1 cm³/mol. The summed E-state index contributed by atoms with van der Waals surface area (Å²) in [5.74, 6) is -1.17. The van der Waals surface area contributed by atoms with Gasteiger partial charge in [0.05, 0.1) is 24.7 Å². The Morgan fingerprint density at radius 1 is 1.40 bits per heavy atom. The van der Waals surface area contributed by atoms with E-state index in [9.17, 15) is 9.59 Å². The minimum atomic E-state index is -1.02. The lowest BCUT2D eigenvalue weighted by Crippen LogP contribution is -2.63. The summed E-state index contributed by atoms with van der Waals surface area (Å²) in [7, 11) is 0. The molecule has 104 valence electrons. The summed E-state index contributed by atoms with van der Waals surface area (Å²) in [6, 6.07) is 8.38. The first-order chi connectivity index (χ1) is 9.43. The molecule has 1 heterocycles. The van der Waals surface area contributed by atoms with Gasteiger partial charge in [0.15, 0.2) is 0 Å². The summed E-state index contributed by atoms with van der Waals surface area (Å²) in [6.45, 7) is 2.13. The zero-order valence-corrected chi connectivity index (χ0v) is 11.0. The summed E-state index contributed by atoms with van der Waals surface area (Å²) in [4.78, 5) is 24.2. The van der Waals surface area contributed by atoms with Gasteiger partial charge in [0.2, 0.25) is 0 Å². The number of carboxylic acids is 1. The second kappa shape index (κ2) is 5.31. The number of carboxylic acid groups (broad SMARTS) is 1. The van der Waals surface area contributed by atoms with E-state index in [0.29, 0.717) is 24.2 Å². The molecule has 1 aliphatic heterocycles. The summed E-state index contributed by atoms with van der Waals surface area (Å²) in [6.07, 6.45) is 0. The molecule has 0 unspecified atom stereocenters. The van der Waals surface area contributed by atoms with Crippen LogP contribution in [-0.4, -0.2) is 47.2 Å². The fourth-order valence-corrected chi connectivity index (χ4v) is 2.10. The van der Waals surface area contributed by atoms with Gasteiger partial charge in [0, 0.05) is 5.56 Å². The smallest absolute Gasteiger partial charge is 0.329 e. The van der Waals surface area contributed by atoms with E-state index in [-0.39, 0.29) is 12.5 Å². The number of benzene rings is 1. The van der Waals surface area contributed by atoms with Gasteiger partial charge in [0.25, 0.3) is 5.91 Å². The number of amides is 1. The molecule has 0 aromatic heterocycles. The van der Waals surface area contributed by atoms with Crippen LogP contribution in [0.2, 0.25) is 0 Å². The molecule has 1 aliphatic rings. The molecule has 1 saturated heterocycles. The number of likely N-dealkylation sites (tertiary alicyclic amines) is 1. The van der Waals surface area contributed by atoms with Crippen molar-refractivity contribution >= 4 is 11.9 Å². The van der Waals surface area contributed by atoms with Gasteiger partial charge < -0.3 is 14.7 Å². The average Bonchev–Trinajstić information content (AvgIpc) is 2.41. The number of rotatable bonds is 4. The van der Waals surface area contributed by atoms with Gasteiger partial charge in [0.1, 0.15) is 12.2 Å². The highest BCUT2D eigenvalue weighted by molar-refractivity contribution is 5.95. The fraction of sp³-hybridized carbons (Fsp3) is 0.357. The molecule has 1 aromatic rings. The largest absolute Gasteiger partial charge is 0.480 e. The van der Waals surface area contributed by atoms with Crippen LogP contribution >= 0.6 is 0 Å². The van der Waals surface area contributed by atoms with E-state index in [4.69, 9.17) is 15.1 Å². The molecular formula is C14H14N2O4. The maximum atomic E-state index is 12.1. The minimum absolute atomic E-state index is 0.147. The quantitative estimate of drug-likeness (QED) is 0.879. The topological polar surface area (TPSA) is 90.6 Å². The van der Waals surface area contributed by atoms with Gasteiger partial charge in [-0.2, -0.15) is 5.26 Å². The van der Waals surface area contributed by atoms with E-state index in [1.807, 2.05) is 6.07 Å². The van der Waals surface area contributed by atoms with Crippen molar-refractivity contribution in [3.63, 3.8) is 0 Å². The third-order valence-electron chi connectivity index (χ3n) is 3.14. The Kier molecular flexibility index (Phi) is 3.72. The van der Waals surface area contributed by atoms with E-state index in [1.54, 1.807) is 36.1 Å². The molecule has 6 heteroatoms. The number of nitriles is 1. The van der Waals surface area contributed by atoms with E-state index in [2.05, 4.69) is 0 Å². The maximum Gasteiger partial charge on any atom is 0.329 e. The molecule has 0 atom stereocenters. The van der Waals surface area contributed by atoms with Crippen molar-refractivity contribution in [1.82, 2.24) is 4.90 Å². The number of carbonyl (C=O) groups excluding carboxylic acids is 1.